The van der Waals surface area contributed by atoms with E-state index in [0.717, 1.165) is 0 Å². The average Bonchev–Trinajstić information content (AvgIpc) is 3.19. The Kier molecular flexibility index (Phi) is 6.03. The molecule has 6 nitrogen and oxygen atoms in total. The van der Waals surface area contributed by atoms with Crippen LogP contribution in [-0.2, 0) is 28.6 Å². The lowest BCUT2D eigenvalue weighted by molar-refractivity contribution is -0.315. The van der Waals surface area contributed by atoms with Crippen LogP contribution in [0.15, 0.2) is 0 Å². The number of hydrogen-bond donors (Lipinski definition) is 0. The molecule has 2 bridgehead atoms. The summed E-state index contributed by atoms with van der Waals surface area (Å²) in [6.07, 6.45) is -18.5. The summed E-state index contributed by atoms with van der Waals surface area (Å²) in [5.74, 6) is -5.42. The number of esters is 3. The number of rotatable bonds is 5. The maximum Gasteiger partial charge on any atom is 0.434 e. The average molecular weight is 670 g/mol. The summed E-state index contributed by atoms with van der Waals surface area (Å²) < 4.78 is 90.5. The topological polar surface area (TPSA) is 78.9 Å². The molecule has 0 aromatic heterocycles. The van der Waals surface area contributed by atoms with Crippen LogP contribution in [0.5, 0.6) is 0 Å². The van der Waals surface area contributed by atoms with Gasteiger partial charge in [-0.15, -0.1) is 0 Å². The van der Waals surface area contributed by atoms with Crippen molar-refractivity contribution in [1.82, 2.24) is 0 Å². The minimum atomic E-state index is -5.90. The number of alkyl halides is 8. The second-order valence-electron chi connectivity index (χ2n) is 7.72. The molecule has 0 aromatic carbocycles. The van der Waals surface area contributed by atoms with Crippen LogP contribution in [0.25, 0.3) is 0 Å². The molecule has 3 fully saturated rings. The SMILES string of the molecule is CC(I)(CI)C(=O)OC1C2CC3C1OC(=O)C3(C(=O)OC(C(F)(F)F)C(F)(F)F)C2. The van der Waals surface area contributed by atoms with Crippen LogP contribution >= 0.6 is 45.2 Å². The third-order valence-electron chi connectivity index (χ3n) is 5.67. The van der Waals surface area contributed by atoms with Crippen LogP contribution in [0.4, 0.5) is 26.3 Å². The number of halogens is 8. The lowest BCUT2D eigenvalue weighted by atomic mass is 9.73. The highest BCUT2D eigenvalue weighted by Crippen LogP contribution is 2.63. The van der Waals surface area contributed by atoms with Gasteiger partial charge in [-0.05, 0) is 19.8 Å². The molecule has 0 N–H and O–H groups in total. The minimum Gasteiger partial charge on any atom is -0.457 e. The summed E-state index contributed by atoms with van der Waals surface area (Å²) in [6, 6.07) is 0. The molecule has 0 radical (unpaired) electrons. The Balaban J connectivity index is 1.81. The van der Waals surface area contributed by atoms with Gasteiger partial charge in [0.1, 0.15) is 15.6 Å². The first-order valence-electron chi connectivity index (χ1n) is 8.57. The van der Waals surface area contributed by atoms with Crippen molar-refractivity contribution >= 4 is 63.1 Å². The maximum atomic E-state index is 12.8. The van der Waals surface area contributed by atoms with Gasteiger partial charge in [-0.1, -0.05) is 45.2 Å². The van der Waals surface area contributed by atoms with E-state index in [1.54, 1.807) is 6.92 Å². The summed E-state index contributed by atoms with van der Waals surface area (Å²) in [5, 5.41) is 0. The number of hydrogen-bond acceptors (Lipinski definition) is 6. The van der Waals surface area contributed by atoms with Crippen LogP contribution in [0.3, 0.4) is 0 Å². The number of carbonyl (C=O) groups excluding carboxylic acids is 3. The van der Waals surface area contributed by atoms with E-state index in [2.05, 4.69) is 4.74 Å². The van der Waals surface area contributed by atoms with Crippen LogP contribution in [0.1, 0.15) is 19.8 Å². The molecule has 3 aliphatic rings. The van der Waals surface area contributed by atoms with Crippen LogP contribution < -0.4 is 0 Å². The van der Waals surface area contributed by atoms with E-state index >= 15 is 0 Å². The van der Waals surface area contributed by atoms with Crippen molar-refractivity contribution in [3.8, 4) is 0 Å². The van der Waals surface area contributed by atoms with Gasteiger partial charge in [0.25, 0.3) is 6.10 Å². The second kappa shape index (κ2) is 7.50. The minimum absolute atomic E-state index is 0.0777. The summed E-state index contributed by atoms with van der Waals surface area (Å²) >= 11 is 3.86. The molecule has 6 unspecified atom stereocenters. The van der Waals surface area contributed by atoms with Crippen LogP contribution in [0, 0.1) is 17.3 Å². The molecule has 170 valence electrons. The molecule has 0 amide bonds. The summed E-state index contributed by atoms with van der Waals surface area (Å²) in [7, 11) is 0. The molecule has 14 heteroatoms. The largest absolute Gasteiger partial charge is 0.457 e. The smallest absolute Gasteiger partial charge is 0.434 e. The molecular formula is C16H14F6I2O6. The molecule has 2 aliphatic carbocycles. The van der Waals surface area contributed by atoms with Crippen molar-refractivity contribution in [3.63, 3.8) is 0 Å². The fourth-order valence-corrected chi connectivity index (χ4v) is 4.70. The van der Waals surface area contributed by atoms with Crippen LogP contribution in [0.2, 0.25) is 0 Å². The monoisotopic (exact) mass is 670 g/mol. The normalized spacial score (nSPS) is 34.7. The lowest BCUT2D eigenvalue weighted by Gasteiger charge is -2.33. The molecule has 6 atom stereocenters. The molecule has 30 heavy (non-hydrogen) atoms. The number of carbonyl (C=O) groups is 3. The highest BCUT2D eigenvalue weighted by atomic mass is 127. The first-order valence-corrected chi connectivity index (χ1v) is 11.2. The zero-order valence-corrected chi connectivity index (χ0v) is 19.3. The standard InChI is InChI=1S/C16H14F6I2O6/c1-13(24,4-23)10(25)28-7-5-2-6-8(7)29-11(26)14(6,3-5)12(27)30-9(15(17,18)19)16(20,21)22/h5-9H,2-4H2,1H3. The molecule has 1 saturated heterocycles. The molecule has 3 rings (SSSR count). The first-order chi connectivity index (χ1) is 13.6. The van der Waals surface area contributed by atoms with Crippen molar-refractivity contribution in [2.45, 2.75) is 53.9 Å². The zero-order chi connectivity index (χ0) is 22.9. The van der Waals surface area contributed by atoms with E-state index in [0.29, 0.717) is 4.43 Å². The van der Waals surface area contributed by atoms with Crippen molar-refractivity contribution < 1.29 is 54.9 Å². The lowest BCUT2D eigenvalue weighted by Crippen LogP contribution is -2.52. The Hall–Kier alpha value is -0.550. The number of ether oxygens (including phenoxy) is 3. The van der Waals surface area contributed by atoms with Gasteiger partial charge in [0.15, 0.2) is 5.41 Å². The summed E-state index contributed by atoms with van der Waals surface area (Å²) in [6.45, 7) is 1.62. The summed E-state index contributed by atoms with van der Waals surface area (Å²) in [5.41, 5.74) is -2.26. The van der Waals surface area contributed by atoms with Crippen molar-refractivity contribution in [2.75, 3.05) is 4.43 Å². The fourth-order valence-electron chi connectivity index (χ4n) is 4.26. The Morgan fingerprint density at radius 1 is 1.23 bits per heavy atom. The van der Waals surface area contributed by atoms with E-state index in [1.165, 1.54) is 0 Å². The van der Waals surface area contributed by atoms with E-state index < -0.39 is 75.7 Å². The molecular weight excluding hydrogens is 656 g/mol. The highest BCUT2D eigenvalue weighted by Gasteiger charge is 2.76. The van der Waals surface area contributed by atoms with E-state index in [4.69, 9.17) is 9.47 Å². The predicted octanol–water partition coefficient (Wildman–Crippen LogP) is 3.51. The summed E-state index contributed by atoms with van der Waals surface area (Å²) in [4.78, 5) is 37.2. The quantitative estimate of drug-likeness (QED) is 0.111. The number of fused-ring (bicyclic) bond motifs is 1. The van der Waals surface area contributed by atoms with Gasteiger partial charge < -0.3 is 14.2 Å². The van der Waals surface area contributed by atoms with Crippen molar-refractivity contribution in [1.29, 1.82) is 0 Å². The Morgan fingerprint density at radius 3 is 2.30 bits per heavy atom. The zero-order valence-electron chi connectivity index (χ0n) is 15.0. The van der Waals surface area contributed by atoms with E-state index in [9.17, 15) is 40.7 Å². The molecule has 0 aromatic rings. The van der Waals surface area contributed by atoms with Gasteiger partial charge in [-0.3, -0.25) is 14.4 Å². The van der Waals surface area contributed by atoms with Gasteiger partial charge in [-0.25, -0.2) is 0 Å². The Bertz CT molecular complexity index is 754. The van der Waals surface area contributed by atoms with Gasteiger partial charge in [0, 0.05) is 16.3 Å². The Morgan fingerprint density at radius 2 is 1.80 bits per heavy atom. The predicted molar refractivity (Wildman–Crippen MR) is 102 cm³/mol. The molecule has 1 heterocycles. The molecule has 0 spiro atoms. The van der Waals surface area contributed by atoms with Gasteiger partial charge >= 0.3 is 30.3 Å². The molecule has 1 aliphatic heterocycles. The second-order valence-corrected chi connectivity index (χ2v) is 10.9. The van der Waals surface area contributed by atoms with Crippen molar-refractivity contribution in [2.24, 2.45) is 17.3 Å². The van der Waals surface area contributed by atoms with Gasteiger partial charge in [0.2, 0.25) is 0 Å². The fraction of sp³-hybridized carbons (Fsp3) is 0.812. The van der Waals surface area contributed by atoms with Gasteiger partial charge in [0.05, 0.1) is 0 Å². The first kappa shape index (κ1) is 24.1. The molecule has 2 saturated carbocycles. The van der Waals surface area contributed by atoms with Crippen LogP contribution in [-0.4, -0.2) is 56.4 Å². The van der Waals surface area contributed by atoms with E-state index in [-0.39, 0.29) is 6.42 Å². The van der Waals surface area contributed by atoms with Gasteiger partial charge in [-0.2, -0.15) is 26.3 Å². The highest BCUT2D eigenvalue weighted by molar-refractivity contribution is 14.1. The van der Waals surface area contributed by atoms with Crippen molar-refractivity contribution in [3.05, 3.63) is 0 Å². The Labute approximate surface area is 193 Å². The third-order valence-corrected chi connectivity index (χ3v) is 9.48. The maximum absolute atomic E-state index is 12.8. The third kappa shape index (κ3) is 3.76. The van der Waals surface area contributed by atoms with E-state index in [1.807, 2.05) is 45.2 Å².